The Kier molecular flexibility index (Phi) is 7.67. The van der Waals surface area contributed by atoms with Gasteiger partial charge in [0.2, 0.25) is 0 Å². The maximum atomic E-state index is 12.2. The van der Waals surface area contributed by atoms with Gasteiger partial charge < -0.3 is 19.3 Å². The largest absolute Gasteiger partial charge is 0.493 e. The van der Waals surface area contributed by atoms with Gasteiger partial charge >= 0.3 is 11.9 Å². The van der Waals surface area contributed by atoms with Crippen LogP contribution in [-0.4, -0.2) is 37.4 Å². The molecule has 152 valence electrons. The molecule has 0 unspecified atom stereocenters. The SMILES string of the molecule is C=CCOC(=O)C1(C)CCC(COc2cc(C=CC(=O)O)ccc2OC)CC1. The van der Waals surface area contributed by atoms with Crippen LogP contribution >= 0.6 is 0 Å². The first-order valence-corrected chi connectivity index (χ1v) is 9.38. The Labute approximate surface area is 165 Å². The maximum Gasteiger partial charge on any atom is 0.328 e. The molecule has 0 heterocycles. The van der Waals surface area contributed by atoms with E-state index in [1.807, 2.05) is 6.92 Å². The molecule has 0 bridgehead atoms. The second-order valence-electron chi connectivity index (χ2n) is 7.28. The molecule has 2 rings (SSSR count). The highest BCUT2D eigenvalue weighted by atomic mass is 16.5. The highest BCUT2D eigenvalue weighted by Crippen LogP contribution is 2.40. The molecule has 6 heteroatoms. The molecule has 1 aromatic rings. The number of hydrogen-bond donors (Lipinski definition) is 1. The predicted octanol–water partition coefficient (Wildman–Crippen LogP) is 4.10. The number of esters is 1. The van der Waals surface area contributed by atoms with Crippen molar-refractivity contribution in [2.24, 2.45) is 11.3 Å². The third-order valence-corrected chi connectivity index (χ3v) is 5.11. The van der Waals surface area contributed by atoms with Crippen LogP contribution in [0.25, 0.3) is 6.08 Å². The molecule has 1 aliphatic carbocycles. The van der Waals surface area contributed by atoms with Crippen molar-refractivity contribution >= 4 is 18.0 Å². The average molecular weight is 388 g/mol. The Hall–Kier alpha value is -2.76. The molecule has 1 aromatic carbocycles. The number of benzene rings is 1. The van der Waals surface area contributed by atoms with Crippen molar-refractivity contribution in [1.82, 2.24) is 0 Å². The molecule has 1 N–H and O–H groups in total. The second kappa shape index (κ2) is 9.97. The third-order valence-electron chi connectivity index (χ3n) is 5.11. The van der Waals surface area contributed by atoms with Crippen LogP contribution < -0.4 is 9.47 Å². The van der Waals surface area contributed by atoms with Crippen LogP contribution in [0.2, 0.25) is 0 Å². The molecule has 0 radical (unpaired) electrons. The molecule has 0 atom stereocenters. The van der Waals surface area contributed by atoms with E-state index in [2.05, 4.69) is 6.58 Å². The minimum atomic E-state index is -1.00. The topological polar surface area (TPSA) is 82.1 Å². The lowest BCUT2D eigenvalue weighted by molar-refractivity contribution is -0.156. The van der Waals surface area contributed by atoms with Gasteiger partial charge in [0, 0.05) is 6.08 Å². The van der Waals surface area contributed by atoms with E-state index < -0.39 is 11.4 Å². The van der Waals surface area contributed by atoms with Crippen molar-refractivity contribution in [3.63, 3.8) is 0 Å². The van der Waals surface area contributed by atoms with E-state index in [9.17, 15) is 9.59 Å². The Morgan fingerprint density at radius 2 is 2.00 bits per heavy atom. The summed E-state index contributed by atoms with van der Waals surface area (Å²) >= 11 is 0. The van der Waals surface area contributed by atoms with Crippen LogP contribution in [0.4, 0.5) is 0 Å². The van der Waals surface area contributed by atoms with Gasteiger partial charge in [-0.1, -0.05) is 18.7 Å². The van der Waals surface area contributed by atoms with E-state index in [1.165, 1.54) is 6.08 Å². The second-order valence-corrected chi connectivity index (χ2v) is 7.28. The van der Waals surface area contributed by atoms with Gasteiger partial charge in [-0.15, -0.1) is 0 Å². The molecule has 0 aliphatic heterocycles. The van der Waals surface area contributed by atoms with Crippen LogP contribution in [-0.2, 0) is 14.3 Å². The van der Waals surface area contributed by atoms with Crippen LogP contribution in [0.3, 0.4) is 0 Å². The fourth-order valence-electron chi connectivity index (χ4n) is 3.28. The highest BCUT2D eigenvalue weighted by Gasteiger charge is 2.38. The molecule has 0 saturated heterocycles. The summed E-state index contributed by atoms with van der Waals surface area (Å²) in [6.45, 7) is 6.28. The fourth-order valence-corrected chi connectivity index (χ4v) is 3.28. The van der Waals surface area contributed by atoms with Crippen LogP contribution in [0.15, 0.2) is 36.9 Å². The fraction of sp³-hybridized carbons (Fsp3) is 0.455. The summed E-state index contributed by atoms with van der Waals surface area (Å²) in [6.07, 6.45) is 7.44. The van der Waals surface area contributed by atoms with Crippen molar-refractivity contribution in [2.75, 3.05) is 20.3 Å². The summed E-state index contributed by atoms with van der Waals surface area (Å²) in [5.74, 6) is 0.347. The van der Waals surface area contributed by atoms with Gasteiger partial charge in [0.1, 0.15) is 6.61 Å². The van der Waals surface area contributed by atoms with Crippen molar-refractivity contribution in [3.8, 4) is 11.5 Å². The van der Waals surface area contributed by atoms with E-state index in [1.54, 1.807) is 31.4 Å². The third kappa shape index (κ3) is 5.87. The summed E-state index contributed by atoms with van der Waals surface area (Å²) < 4.78 is 16.5. The summed E-state index contributed by atoms with van der Waals surface area (Å²) in [4.78, 5) is 22.9. The lowest BCUT2D eigenvalue weighted by Gasteiger charge is -2.35. The van der Waals surface area contributed by atoms with Crippen molar-refractivity contribution in [3.05, 3.63) is 42.5 Å². The molecular formula is C22H28O6. The zero-order valence-corrected chi connectivity index (χ0v) is 16.5. The van der Waals surface area contributed by atoms with E-state index in [-0.39, 0.29) is 12.6 Å². The molecule has 0 amide bonds. The molecule has 0 spiro atoms. The van der Waals surface area contributed by atoms with Crippen LogP contribution in [0, 0.1) is 11.3 Å². The number of rotatable bonds is 9. The van der Waals surface area contributed by atoms with E-state index in [0.29, 0.717) is 24.0 Å². The lowest BCUT2D eigenvalue weighted by atomic mass is 9.72. The average Bonchev–Trinajstić information content (AvgIpc) is 2.70. The zero-order chi connectivity index (χ0) is 20.6. The molecule has 6 nitrogen and oxygen atoms in total. The van der Waals surface area contributed by atoms with Crippen molar-refractivity contribution in [1.29, 1.82) is 0 Å². The maximum absolute atomic E-state index is 12.2. The first kappa shape index (κ1) is 21.5. The first-order valence-electron chi connectivity index (χ1n) is 9.38. The standard InChI is InChI=1S/C22H28O6/c1-4-13-27-21(25)22(2)11-9-17(10-12-22)15-28-19-14-16(6-8-20(23)24)5-7-18(19)26-3/h4-8,14,17H,1,9-13,15H2,2-3H3,(H,23,24). The molecule has 1 saturated carbocycles. The normalized spacial score (nSPS) is 21.9. The number of hydrogen-bond acceptors (Lipinski definition) is 5. The Morgan fingerprint density at radius 3 is 2.61 bits per heavy atom. The molecule has 0 aromatic heterocycles. The van der Waals surface area contributed by atoms with Crippen LogP contribution in [0.1, 0.15) is 38.2 Å². The van der Waals surface area contributed by atoms with Crippen molar-refractivity contribution in [2.45, 2.75) is 32.6 Å². The number of carbonyl (C=O) groups excluding carboxylic acids is 1. The van der Waals surface area contributed by atoms with E-state index in [4.69, 9.17) is 19.3 Å². The number of aliphatic carboxylic acids is 1. The van der Waals surface area contributed by atoms with Gasteiger partial charge in [-0.2, -0.15) is 0 Å². The zero-order valence-electron chi connectivity index (χ0n) is 16.5. The lowest BCUT2D eigenvalue weighted by Crippen LogP contribution is -2.35. The quantitative estimate of drug-likeness (QED) is 0.390. The summed E-state index contributed by atoms with van der Waals surface area (Å²) in [5.41, 5.74) is 0.276. The molecule has 1 fully saturated rings. The predicted molar refractivity (Wildman–Crippen MR) is 106 cm³/mol. The number of carboxylic acids is 1. The molecule has 28 heavy (non-hydrogen) atoms. The summed E-state index contributed by atoms with van der Waals surface area (Å²) in [6, 6.07) is 5.29. The number of carbonyl (C=O) groups is 2. The van der Waals surface area contributed by atoms with Crippen LogP contribution in [0.5, 0.6) is 11.5 Å². The van der Waals surface area contributed by atoms with Gasteiger partial charge in [-0.05, 0) is 62.3 Å². The van der Waals surface area contributed by atoms with Gasteiger partial charge in [-0.3, -0.25) is 4.79 Å². The van der Waals surface area contributed by atoms with Gasteiger partial charge in [0.05, 0.1) is 19.1 Å². The minimum absolute atomic E-state index is 0.161. The van der Waals surface area contributed by atoms with Gasteiger partial charge in [0.15, 0.2) is 11.5 Å². The van der Waals surface area contributed by atoms with Gasteiger partial charge in [-0.25, -0.2) is 4.79 Å². The first-order chi connectivity index (χ1) is 13.4. The number of ether oxygens (including phenoxy) is 3. The number of methoxy groups -OCH3 is 1. The molecular weight excluding hydrogens is 360 g/mol. The number of carboxylic acid groups (broad SMARTS) is 1. The summed E-state index contributed by atoms with van der Waals surface area (Å²) in [5, 5.41) is 8.77. The molecule has 1 aliphatic rings. The Bertz CT molecular complexity index is 729. The summed E-state index contributed by atoms with van der Waals surface area (Å²) in [7, 11) is 1.57. The highest BCUT2D eigenvalue weighted by molar-refractivity contribution is 5.85. The van der Waals surface area contributed by atoms with Crippen molar-refractivity contribution < 1.29 is 28.9 Å². The monoisotopic (exact) mass is 388 g/mol. The van der Waals surface area contributed by atoms with Gasteiger partial charge in [0.25, 0.3) is 0 Å². The van der Waals surface area contributed by atoms with E-state index in [0.717, 1.165) is 37.3 Å². The smallest absolute Gasteiger partial charge is 0.328 e. The Morgan fingerprint density at radius 1 is 1.29 bits per heavy atom. The Balaban J connectivity index is 1.94. The van der Waals surface area contributed by atoms with E-state index >= 15 is 0 Å². The minimum Gasteiger partial charge on any atom is -0.493 e.